The highest BCUT2D eigenvalue weighted by molar-refractivity contribution is 8.15. The van der Waals surface area contributed by atoms with Gasteiger partial charge in [0.1, 0.15) is 11.5 Å². The van der Waals surface area contributed by atoms with E-state index in [0.717, 1.165) is 35.3 Å². The van der Waals surface area contributed by atoms with Gasteiger partial charge in [0.15, 0.2) is 5.17 Å². The maximum Gasteiger partial charge on any atom is 0.161 e. The molecule has 98 valence electrons. The first-order valence-corrected chi connectivity index (χ1v) is 6.85. The Morgan fingerprint density at radius 1 is 1.39 bits per heavy atom. The molecule has 1 aromatic carbocycles. The molecule has 0 aromatic heterocycles. The lowest BCUT2D eigenvalue weighted by Crippen LogP contribution is -2.08. The number of aliphatic imine (C=N–C) groups is 1. The Hall–Kier alpha value is -1.36. The first-order chi connectivity index (χ1) is 8.76. The fourth-order valence-corrected chi connectivity index (χ4v) is 2.67. The third-order valence-corrected chi connectivity index (χ3v) is 4.09. The molecule has 2 rings (SSSR count). The highest BCUT2D eigenvalue weighted by Gasteiger charge is 2.18. The summed E-state index contributed by atoms with van der Waals surface area (Å²) in [6, 6.07) is 5.68. The van der Waals surface area contributed by atoms with Gasteiger partial charge in [-0.1, -0.05) is 18.7 Å². The number of nitrogens with one attached hydrogen (secondary N) is 1. The molecule has 1 N–H and O–H groups in total. The highest BCUT2D eigenvalue weighted by atomic mass is 32.2. The Morgan fingerprint density at radius 3 is 2.83 bits per heavy atom. The quantitative estimate of drug-likeness (QED) is 0.909. The lowest BCUT2D eigenvalue weighted by atomic mass is 10.2. The molecule has 0 saturated heterocycles. The summed E-state index contributed by atoms with van der Waals surface area (Å²) < 4.78 is 10.5. The van der Waals surface area contributed by atoms with Crippen molar-refractivity contribution in [1.82, 2.24) is 0 Å². The van der Waals surface area contributed by atoms with Gasteiger partial charge in [-0.05, 0) is 18.6 Å². The van der Waals surface area contributed by atoms with Crippen molar-refractivity contribution in [2.24, 2.45) is 4.99 Å². The van der Waals surface area contributed by atoms with E-state index in [2.05, 4.69) is 17.2 Å². The van der Waals surface area contributed by atoms with Crippen LogP contribution in [0, 0.1) is 0 Å². The molecule has 1 aromatic rings. The zero-order valence-corrected chi connectivity index (χ0v) is 11.7. The zero-order valence-electron chi connectivity index (χ0n) is 10.9. The van der Waals surface area contributed by atoms with E-state index < -0.39 is 0 Å². The van der Waals surface area contributed by atoms with Gasteiger partial charge in [0.05, 0.1) is 26.5 Å². The number of anilines is 1. The summed E-state index contributed by atoms with van der Waals surface area (Å²) in [6.07, 6.45) is 1.13. The van der Waals surface area contributed by atoms with Gasteiger partial charge in [-0.25, -0.2) is 0 Å². The number of amidine groups is 1. The Balaban J connectivity index is 2.13. The van der Waals surface area contributed by atoms with Crippen molar-refractivity contribution in [1.29, 1.82) is 0 Å². The van der Waals surface area contributed by atoms with Crippen LogP contribution in [-0.4, -0.2) is 31.2 Å². The largest absolute Gasteiger partial charge is 0.497 e. The molecular formula is C13H18N2O2S. The fraction of sp³-hybridized carbons (Fsp3) is 0.462. The average Bonchev–Trinajstić information content (AvgIpc) is 2.86. The number of nitrogens with zero attached hydrogens (tertiary/aromatic N) is 1. The first kappa shape index (κ1) is 13.1. The molecule has 0 fully saturated rings. The minimum Gasteiger partial charge on any atom is -0.497 e. The minimum atomic E-state index is 0.587. The molecule has 0 spiro atoms. The second kappa shape index (κ2) is 6.00. The van der Waals surface area contributed by atoms with Crippen LogP contribution in [0.5, 0.6) is 11.5 Å². The van der Waals surface area contributed by atoms with E-state index in [1.165, 1.54) is 0 Å². The Kier molecular flexibility index (Phi) is 4.36. The van der Waals surface area contributed by atoms with Gasteiger partial charge in [-0.2, -0.15) is 0 Å². The van der Waals surface area contributed by atoms with Gasteiger partial charge < -0.3 is 14.8 Å². The maximum atomic E-state index is 5.33. The van der Waals surface area contributed by atoms with Crippen molar-refractivity contribution >= 4 is 22.6 Å². The summed E-state index contributed by atoms with van der Waals surface area (Å²) in [5.41, 5.74) is 0.889. The third-order valence-electron chi connectivity index (χ3n) is 2.82. The van der Waals surface area contributed by atoms with Crippen LogP contribution in [0.25, 0.3) is 0 Å². The summed E-state index contributed by atoms with van der Waals surface area (Å²) in [7, 11) is 3.31. The van der Waals surface area contributed by atoms with Crippen LogP contribution in [0.4, 0.5) is 5.69 Å². The van der Waals surface area contributed by atoms with Gasteiger partial charge in [0, 0.05) is 11.3 Å². The molecule has 1 aliphatic heterocycles. The molecule has 1 heterocycles. The number of benzene rings is 1. The lowest BCUT2D eigenvalue weighted by molar-refractivity contribution is 0.405. The molecule has 1 atom stereocenters. The van der Waals surface area contributed by atoms with Crippen LogP contribution in [0.3, 0.4) is 0 Å². The summed E-state index contributed by atoms with van der Waals surface area (Å²) in [5, 5.41) is 4.85. The molecule has 1 aliphatic rings. The predicted molar refractivity (Wildman–Crippen MR) is 77.1 cm³/mol. The van der Waals surface area contributed by atoms with E-state index in [-0.39, 0.29) is 0 Å². The average molecular weight is 266 g/mol. The summed E-state index contributed by atoms with van der Waals surface area (Å²) in [5.74, 6) is 1.59. The van der Waals surface area contributed by atoms with Crippen LogP contribution >= 0.6 is 11.8 Å². The Labute approximate surface area is 112 Å². The van der Waals surface area contributed by atoms with Crippen molar-refractivity contribution < 1.29 is 9.47 Å². The lowest BCUT2D eigenvalue weighted by Gasteiger charge is -2.12. The SMILES string of the molecule is CCC1CN=C(Nc2cc(OC)ccc2OC)S1. The predicted octanol–water partition coefficient (Wildman–Crippen LogP) is 3.00. The molecule has 0 radical (unpaired) electrons. The molecule has 0 aliphatic carbocycles. The molecular weight excluding hydrogens is 248 g/mol. The normalized spacial score (nSPS) is 18.4. The number of hydrogen-bond donors (Lipinski definition) is 1. The molecule has 0 saturated carbocycles. The molecule has 0 bridgehead atoms. The van der Waals surface area contributed by atoms with E-state index >= 15 is 0 Å². The van der Waals surface area contributed by atoms with Gasteiger partial charge in [0.25, 0.3) is 0 Å². The second-order valence-corrected chi connectivity index (χ2v) is 5.27. The van der Waals surface area contributed by atoms with Crippen molar-refractivity contribution in [3.05, 3.63) is 18.2 Å². The second-order valence-electron chi connectivity index (χ2n) is 3.99. The number of methoxy groups -OCH3 is 2. The number of ether oxygens (including phenoxy) is 2. The molecule has 1 unspecified atom stereocenters. The van der Waals surface area contributed by atoms with Crippen molar-refractivity contribution in [2.45, 2.75) is 18.6 Å². The monoisotopic (exact) mass is 266 g/mol. The van der Waals surface area contributed by atoms with E-state index in [0.29, 0.717) is 5.25 Å². The van der Waals surface area contributed by atoms with Crippen LogP contribution in [0.15, 0.2) is 23.2 Å². The maximum absolute atomic E-state index is 5.33. The van der Waals surface area contributed by atoms with Gasteiger partial charge in [0.2, 0.25) is 0 Å². The Morgan fingerprint density at radius 2 is 2.22 bits per heavy atom. The van der Waals surface area contributed by atoms with Crippen LogP contribution in [0.2, 0.25) is 0 Å². The van der Waals surface area contributed by atoms with Gasteiger partial charge >= 0.3 is 0 Å². The number of hydrogen-bond acceptors (Lipinski definition) is 5. The topological polar surface area (TPSA) is 42.9 Å². The first-order valence-electron chi connectivity index (χ1n) is 5.97. The zero-order chi connectivity index (χ0) is 13.0. The van der Waals surface area contributed by atoms with Crippen LogP contribution in [0.1, 0.15) is 13.3 Å². The van der Waals surface area contributed by atoms with E-state index in [9.17, 15) is 0 Å². The minimum absolute atomic E-state index is 0.587. The van der Waals surface area contributed by atoms with Gasteiger partial charge in [-0.3, -0.25) is 4.99 Å². The van der Waals surface area contributed by atoms with Crippen molar-refractivity contribution in [2.75, 3.05) is 26.1 Å². The van der Waals surface area contributed by atoms with Gasteiger partial charge in [-0.15, -0.1) is 0 Å². The number of thioether (sulfide) groups is 1. The fourth-order valence-electron chi connectivity index (χ4n) is 1.73. The van der Waals surface area contributed by atoms with E-state index in [1.807, 2.05) is 18.2 Å². The van der Waals surface area contributed by atoms with Crippen molar-refractivity contribution in [3.8, 4) is 11.5 Å². The van der Waals surface area contributed by atoms with Crippen LogP contribution in [-0.2, 0) is 0 Å². The molecule has 5 heteroatoms. The van der Waals surface area contributed by atoms with E-state index in [1.54, 1.807) is 26.0 Å². The molecule has 0 amide bonds. The van der Waals surface area contributed by atoms with E-state index in [4.69, 9.17) is 9.47 Å². The third kappa shape index (κ3) is 2.90. The molecule has 18 heavy (non-hydrogen) atoms. The molecule has 4 nitrogen and oxygen atoms in total. The van der Waals surface area contributed by atoms with Crippen molar-refractivity contribution in [3.63, 3.8) is 0 Å². The van der Waals surface area contributed by atoms with Crippen LogP contribution < -0.4 is 14.8 Å². The summed E-state index contributed by atoms with van der Waals surface area (Å²) >= 11 is 1.78. The smallest absolute Gasteiger partial charge is 0.161 e. The highest BCUT2D eigenvalue weighted by Crippen LogP contribution is 2.32. The summed E-state index contributed by atoms with van der Waals surface area (Å²) in [4.78, 5) is 4.49. The number of rotatable bonds is 4. The summed E-state index contributed by atoms with van der Waals surface area (Å²) in [6.45, 7) is 3.07. The Bertz CT molecular complexity index is 449. The standard InChI is InChI=1S/C13H18N2O2S/c1-4-10-8-14-13(18-10)15-11-7-9(16-2)5-6-12(11)17-3/h5-7,10H,4,8H2,1-3H3,(H,14,15).